The highest BCUT2D eigenvalue weighted by atomic mass is 35.5. The molecule has 0 aliphatic heterocycles. The molecule has 0 spiro atoms. The van der Waals surface area contributed by atoms with Crippen LogP contribution in [0.2, 0.25) is 10.0 Å². The predicted molar refractivity (Wildman–Crippen MR) is 96.7 cm³/mol. The zero-order valence-corrected chi connectivity index (χ0v) is 14.9. The molecule has 0 saturated carbocycles. The highest BCUT2D eigenvalue weighted by Crippen LogP contribution is 2.34. The van der Waals surface area contributed by atoms with Crippen molar-refractivity contribution in [2.45, 2.75) is 6.42 Å². The molecular weight excluding hydrogens is 367 g/mol. The Balaban J connectivity index is 2.17. The number of carbonyl (C=O) groups is 2. The Kier molecular flexibility index (Phi) is 6.50. The summed E-state index contributed by atoms with van der Waals surface area (Å²) < 4.78 is 10.5. The van der Waals surface area contributed by atoms with E-state index in [1.807, 2.05) is 0 Å². The van der Waals surface area contributed by atoms with Crippen LogP contribution < -0.4 is 20.5 Å². The fourth-order valence-electron chi connectivity index (χ4n) is 2.04. The van der Waals surface area contributed by atoms with E-state index in [1.54, 1.807) is 24.3 Å². The monoisotopic (exact) mass is 382 g/mol. The van der Waals surface area contributed by atoms with Crippen molar-refractivity contribution < 1.29 is 19.1 Å². The molecule has 0 aromatic heterocycles. The minimum absolute atomic E-state index is 0.0754. The van der Waals surface area contributed by atoms with Gasteiger partial charge in [-0.3, -0.25) is 9.59 Å². The lowest BCUT2D eigenvalue weighted by Gasteiger charge is -2.13. The first kappa shape index (κ1) is 18.9. The molecule has 0 atom stereocenters. The number of rotatable bonds is 7. The zero-order chi connectivity index (χ0) is 18.4. The van der Waals surface area contributed by atoms with Crippen LogP contribution in [-0.4, -0.2) is 25.5 Å². The van der Waals surface area contributed by atoms with Crippen molar-refractivity contribution in [3.63, 3.8) is 0 Å². The van der Waals surface area contributed by atoms with Crippen LogP contribution in [0.1, 0.15) is 16.8 Å². The second-order valence-electron chi connectivity index (χ2n) is 4.99. The van der Waals surface area contributed by atoms with Gasteiger partial charge in [-0.1, -0.05) is 35.3 Å². The summed E-state index contributed by atoms with van der Waals surface area (Å²) in [5.74, 6) is -0.167. The third kappa shape index (κ3) is 5.01. The fraction of sp³-hybridized carbons (Fsp3) is 0.176. The van der Waals surface area contributed by atoms with Gasteiger partial charge in [-0.2, -0.15) is 0 Å². The minimum Gasteiger partial charge on any atom is -0.494 e. The van der Waals surface area contributed by atoms with Gasteiger partial charge in [0.2, 0.25) is 5.91 Å². The summed E-state index contributed by atoms with van der Waals surface area (Å²) >= 11 is 12.1. The molecule has 0 aliphatic rings. The third-order valence-electron chi connectivity index (χ3n) is 3.21. The van der Waals surface area contributed by atoms with E-state index < -0.39 is 11.8 Å². The Hall–Kier alpha value is -2.44. The molecule has 132 valence electrons. The highest BCUT2D eigenvalue weighted by Gasteiger charge is 2.15. The van der Waals surface area contributed by atoms with Gasteiger partial charge in [0.25, 0.3) is 5.91 Å². The van der Waals surface area contributed by atoms with Gasteiger partial charge >= 0.3 is 0 Å². The average Bonchev–Trinajstić information content (AvgIpc) is 2.55. The zero-order valence-electron chi connectivity index (χ0n) is 13.3. The molecule has 6 nitrogen and oxygen atoms in total. The van der Waals surface area contributed by atoms with Crippen molar-refractivity contribution >= 4 is 40.7 Å². The van der Waals surface area contributed by atoms with Gasteiger partial charge in [-0.15, -0.1) is 0 Å². The number of ether oxygens (including phenoxy) is 2. The first-order valence-corrected chi connectivity index (χ1v) is 8.02. The maximum Gasteiger partial charge on any atom is 0.255 e. The Morgan fingerprint density at radius 1 is 1.16 bits per heavy atom. The number of para-hydroxylation sites is 2. The Labute approximate surface area is 154 Å². The van der Waals surface area contributed by atoms with Gasteiger partial charge in [0.1, 0.15) is 5.75 Å². The SMILES string of the molecule is COc1c(Cl)cc(C(=O)Nc2ccccc2OCCC(N)=O)cc1Cl. The number of anilines is 1. The lowest BCUT2D eigenvalue weighted by molar-refractivity contribution is -0.118. The number of amides is 2. The summed E-state index contributed by atoms with van der Waals surface area (Å²) in [7, 11) is 1.44. The van der Waals surface area contributed by atoms with E-state index in [0.29, 0.717) is 17.2 Å². The van der Waals surface area contributed by atoms with Gasteiger partial charge in [-0.25, -0.2) is 0 Å². The third-order valence-corrected chi connectivity index (χ3v) is 3.77. The Morgan fingerprint density at radius 2 is 1.80 bits per heavy atom. The number of hydrogen-bond donors (Lipinski definition) is 2. The van der Waals surface area contributed by atoms with Crippen LogP contribution >= 0.6 is 23.2 Å². The molecule has 0 fully saturated rings. The summed E-state index contributed by atoms with van der Waals surface area (Å²) in [6.07, 6.45) is 0.0754. The molecule has 0 saturated heterocycles. The molecule has 0 heterocycles. The van der Waals surface area contributed by atoms with Crippen molar-refractivity contribution in [3.8, 4) is 11.5 Å². The van der Waals surface area contributed by atoms with Crippen molar-refractivity contribution in [1.29, 1.82) is 0 Å². The molecule has 3 N–H and O–H groups in total. The normalized spacial score (nSPS) is 10.2. The minimum atomic E-state index is -0.468. The molecule has 8 heteroatoms. The van der Waals surface area contributed by atoms with E-state index in [4.69, 9.17) is 38.4 Å². The van der Waals surface area contributed by atoms with E-state index in [2.05, 4.69) is 5.32 Å². The standard InChI is InChI=1S/C17H16Cl2N2O4/c1-24-16-11(18)8-10(9-12(16)19)17(23)21-13-4-2-3-5-14(13)25-7-6-15(20)22/h2-5,8-9H,6-7H2,1H3,(H2,20,22)(H,21,23). The molecule has 25 heavy (non-hydrogen) atoms. The Morgan fingerprint density at radius 3 is 2.40 bits per heavy atom. The predicted octanol–water partition coefficient (Wildman–Crippen LogP) is 3.51. The van der Waals surface area contributed by atoms with Crippen LogP contribution in [0.4, 0.5) is 5.69 Å². The van der Waals surface area contributed by atoms with E-state index in [1.165, 1.54) is 19.2 Å². The molecular formula is C17H16Cl2N2O4. The van der Waals surface area contributed by atoms with Gasteiger partial charge in [0.15, 0.2) is 5.75 Å². The topological polar surface area (TPSA) is 90.7 Å². The summed E-state index contributed by atoms with van der Waals surface area (Å²) in [5.41, 5.74) is 5.79. The molecule has 0 radical (unpaired) electrons. The summed E-state index contributed by atoms with van der Waals surface area (Å²) in [6.45, 7) is 0.114. The molecule has 0 unspecified atom stereocenters. The van der Waals surface area contributed by atoms with E-state index >= 15 is 0 Å². The van der Waals surface area contributed by atoms with Crippen LogP contribution in [0.25, 0.3) is 0 Å². The average molecular weight is 383 g/mol. The van der Waals surface area contributed by atoms with Crippen molar-refractivity contribution in [3.05, 3.63) is 52.0 Å². The number of halogens is 2. The largest absolute Gasteiger partial charge is 0.494 e. The number of methoxy groups -OCH3 is 1. The van der Waals surface area contributed by atoms with E-state index in [-0.39, 0.29) is 28.6 Å². The second-order valence-corrected chi connectivity index (χ2v) is 5.80. The van der Waals surface area contributed by atoms with Crippen molar-refractivity contribution in [1.82, 2.24) is 0 Å². The second kappa shape index (κ2) is 8.60. The highest BCUT2D eigenvalue weighted by molar-refractivity contribution is 6.37. The van der Waals surface area contributed by atoms with Crippen LogP contribution in [0, 0.1) is 0 Å². The summed E-state index contributed by atoms with van der Waals surface area (Å²) in [5, 5.41) is 3.17. The number of nitrogens with two attached hydrogens (primary N) is 1. The van der Waals surface area contributed by atoms with Crippen molar-refractivity contribution in [2.75, 3.05) is 19.0 Å². The van der Waals surface area contributed by atoms with E-state index in [9.17, 15) is 9.59 Å². The van der Waals surface area contributed by atoms with Gasteiger partial charge in [0.05, 0.1) is 35.9 Å². The number of primary amides is 1. The smallest absolute Gasteiger partial charge is 0.255 e. The van der Waals surface area contributed by atoms with Crippen LogP contribution in [0.15, 0.2) is 36.4 Å². The molecule has 2 aromatic rings. The summed E-state index contributed by atoms with van der Waals surface area (Å²) in [4.78, 5) is 23.2. The Bertz CT molecular complexity index is 773. The van der Waals surface area contributed by atoms with Gasteiger partial charge in [0, 0.05) is 5.56 Å². The molecule has 2 aromatic carbocycles. The van der Waals surface area contributed by atoms with Crippen LogP contribution in [0.3, 0.4) is 0 Å². The number of benzene rings is 2. The quantitative estimate of drug-likeness (QED) is 0.766. The maximum absolute atomic E-state index is 12.5. The number of nitrogens with one attached hydrogen (secondary N) is 1. The number of carbonyl (C=O) groups excluding carboxylic acids is 2. The molecule has 0 aliphatic carbocycles. The first-order valence-electron chi connectivity index (χ1n) is 7.27. The van der Waals surface area contributed by atoms with Crippen LogP contribution in [-0.2, 0) is 4.79 Å². The molecule has 0 bridgehead atoms. The molecule has 2 rings (SSSR count). The van der Waals surface area contributed by atoms with E-state index in [0.717, 1.165) is 0 Å². The van der Waals surface area contributed by atoms with Crippen LogP contribution in [0.5, 0.6) is 11.5 Å². The van der Waals surface area contributed by atoms with Gasteiger partial charge < -0.3 is 20.5 Å². The lowest BCUT2D eigenvalue weighted by Crippen LogP contribution is -2.16. The van der Waals surface area contributed by atoms with Gasteiger partial charge in [-0.05, 0) is 24.3 Å². The fourth-order valence-corrected chi connectivity index (χ4v) is 2.68. The first-order chi connectivity index (χ1) is 11.9. The maximum atomic E-state index is 12.5. The van der Waals surface area contributed by atoms with Crippen molar-refractivity contribution in [2.24, 2.45) is 5.73 Å². The summed E-state index contributed by atoms with van der Waals surface area (Å²) in [6, 6.07) is 9.74. The lowest BCUT2D eigenvalue weighted by atomic mass is 10.2. The number of hydrogen-bond acceptors (Lipinski definition) is 4. The molecule has 2 amide bonds.